The highest BCUT2D eigenvalue weighted by molar-refractivity contribution is 4.91. The van der Waals surface area contributed by atoms with Crippen LogP contribution in [0.2, 0.25) is 0 Å². The summed E-state index contributed by atoms with van der Waals surface area (Å²) in [5, 5.41) is 9.52. The first-order chi connectivity index (χ1) is 4.54. The molecule has 5 N–H and O–H groups in total. The number of aliphatic hydroxyl groups is 1. The lowest BCUT2D eigenvalue weighted by atomic mass is 9.94. The zero-order valence-corrected chi connectivity index (χ0v) is 6.38. The zero-order chi connectivity index (χ0) is 7.78. The molecule has 0 saturated heterocycles. The molecule has 0 bridgehead atoms. The molecule has 1 aliphatic carbocycles. The van der Waals surface area contributed by atoms with Crippen molar-refractivity contribution in [2.24, 2.45) is 17.4 Å². The topological polar surface area (TPSA) is 72.3 Å². The SMILES string of the molecule is CC(N)C1CCCC1(N)O. The summed E-state index contributed by atoms with van der Waals surface area (Å²) in [5.74, 6) is 0.0903. The van der Waals surface area contributed by atoms with Crippen LogP contribution in [-0.4, -0.2) is 16.9 Å². The average Bonchev–Trinajstić information content (AvgIpc) is 2.08. The van der Waals surface area contributed by atoms with E-state index in [0.717, 1.165) is 12.8 Å². The normalized spacial score (nSPS) is 43.8. The van der Waals surface area contributed by atoms with E-state index in [1.807, 2.05) is 6.92 Å². The highest BCUT2D eigenvalue weighted by atomic mass is 16.3. The Morgan fingerprint density at radius 3 is 2.50 bits per heavy atom. The van der Waals surface area contributed by atoms with Gasteiger partial charge in [0.2, 0.25) is 0 Å². The third kappa shape index (κ3) is 1.31. The first-order valence-corrected chi connectivity index (χ1v) is 3.81. The van der Waals surface area contributed by atoms with E-state index >= 15 is 0 Å². The predicted molar refractivity (Wildman–Crippen MR) is 40.1 cm³/mol. The quantitative estimate of drug-likeness (QED) is 0.445. The molecule has 0 spiro atoms. The maximum absolute atomic E-state index is 9.52. The van der Waals surface area contributed by atoms with Crippen molar-refractivity contribution in [3.05, 3.63) is 0 Å². The third-order valence-corrected chi connectivity index (χ3v) is 2.37. The molecule has 3 nitrogen and oxygen atoms in total. The van der Waals surface area contributed by atoms with Crippen molar-refractivity contribution in [1.29, 1.82) is 0 Å². The second-order valence-corrected chi connectivity index (χ2v) is 3.35. The number of rotatable bonds is 1. The van der Waals surface area contributed by atoms with E-state index < -0.39 is 5.72 Å². The molecule has 0 aromatic heterocycles. The first kappa shape index (κ1) is 7.98. The monoisotopic (exact) mass is 144 g/mol. The van der Waals surface area contributed by atoms with E-state index in [9.17, 15) is 5.11 Å². The van der Waals surface area contributed by atoms with E-state index in [1.54, 1.807) is 0 Å². The molecule has 3 atom stereocenters. The van der Waals surface area contributed by atoms with Crippen LogP contribution in [0.5, 0.6) is 0 Å². The summed E-state index contributed by atoms with van der Waals surface area (Å²) >= 11 is 0. The summed E-state index contributed by atoms with van der Waals surface area (Å²) in [6.45, 7) is 1.90. The Kier molecular flexibility index (Phi) is 1.99. The van der Waals surface area contributed by atoms with Gasteiger partial charge in [-0.3, -0.25) is 0 Å². The van der Waals surface area contributed by atoms with Gasteiger partial charge in [-0.1, -0.05) is 0 Å². The lowest BCUT2D eigenvalue weighted by Crippen LogP contribution is -2.49. The standard InChI is InChI=1S/C7H16N2O/c1-5(8)6-3-2-4-7(6,9)10/h5-6,10H,2-4,8-9H2,1H3. The maximum atomic E-state index is 9.52. The minimum absolute atomic E-state index is 0.0116. The van der Waals surface area contributed by atoms with Gasteiger partial charge in [-0.2, -0.15) is 0 Å². The molecule has 0 aliphatic heterocycles. The summed E-state index contributed by atoms with van der Waals surface area (Å²) in [4.78, 5) is 0. The largest absolute Gasteiger partial charge is 0.376 e. The van der Waals surface area contributed by atoms with Crippen molar-refractivity contribution < 1.29 is 5.11 Å². The van der Waals surface area contributed by atoms with Gasteiger partial charge in [0.05, 0.1) is 0 Å². The number of nitrogens with two attached hydrogens (primary N) is 2. The lowest BCUT2D eigenvalue weighted by Gasteiger charge is -2.28. The molecule has 3 heteroatoms. The highest BCUT2D eigenvalue weighted by Crippen LogP contribution is 2.32. The molecular weight excluding hydrogens is 128 g/mol. The minimum Gasteiger partial charge on any atom is -0.376 e. The summed E-state index contributed by atoms with van der Waals surface area (Å²) < 4.78 is 0. The van der Waals surface area contributed by atoms with Gasteiger partial charge in [0.25, 0.3) is 0 Å². The van der Waals surface area contributed by atoms with Crippen molar-refractivity contribution in [3.8, 4) is 0 Å². The van der Waals surface area contributed by atoms with Crippen LogP contribution >= 0.6 is 0 Å². The lowest BCUT2D eigenvalue weighted by molar-refractivity contribution is 0.00123. The van der Waals surface area contributed by atoms with Gasteiger partial charge in [0, 0.05) is 12.0 Å². The fourth-order valence-electron chi connectivity index (χ4n) is 1.76. The summed E-state index contributed by atoms with van der Waals surface area (Å²) in [6.07, 6.45) is 2.66. The fourth-order valence-corrected chi connectivity index (χ4v) is 1.76. The molecule has 10 heavy (non-hydrogen) atoms. The summed E-state index contributed by atoms with van der Waals surface area (Å²) in [6, 6.07) is 0.0116. The van der Waals surface area contributed by atoms with Crippen molar-refractivity contribution in [2.75, 3.05) is 0 Å². The van der Waals surface area contributed by atoms with E-state index in [4.69, 9.17) is 11.5 Å². The molecule has 1 saturated carbocycles. The first-order valence-electron chi connectivity index (χ1n) is 3.81. The Morgan fingerprint density at radius 2 is 2.30 bits per heavy atom. The van der Waals surface area contributed by atoms with Gasteiger partial charge in [-0.05, 0) is 26.2 Å². The van der Waals surface area contributed by atoms with E-state index in [2.05, 4.69) is 0 Å². The van der Waals surface area contributed by atoms with Gasteiger partial charge in [-0.25, -0.2) is 0 Å². The van der Waals surface area contributed by atoms with Crippen LogP contribution in [0.15, 0.2) is 0 Å². The molecule has 1 rings (SSSR count). The maximum Gasteiger partial charge on any atom is 0.117 e. The predicted octanol–water partition coefficient (Wildman–Crippen LogP) is -0.219. The molecular formula is C7H16N2O. The van der Waals surface area contributed by atoms with Crippen molar-refractivity contribution in [1.82, 2.24) is 0 Å². The zero-order valence-electron chi connectivity index (χ0n) is 6.38. The van der Waals surface area contributed by atoms with Gasteiger partial charge >= 0.3 is 0 Å². The smallest absolute Gasteiger partial charge is 0.117 e. The van der Waals surface area contributed by atoms with Crippen LogP contribution in [0.25, 0.3) is 0 Å². The molecule has 60 valence electrons. The second-order valence-electron chi connectivity index (χ2n) is 3.35. The molecule has 3 unspecified atom stereocenters. The van der Waals surface area contributed by atoms with Crippen LogP contribution < -0.4 is 11.5 Å². The van der Waals surface area contributed by atoms with E-state index in [-0.39, 0.29) is 12.0 Å². The second kappa shape index (κ2) is 2.49. The van der Waals surface area contributed by atoms with Gasteiger partial charge in [-0.15, -0.1) is 0 Å². The Bertz CT molecular complexity index is 123. The molecule has 0 radical (unpaired) electrons. The van der Waals surface area contributed by atoms with Crippen LogP contribution in [0, 0.1) is 5.92 Å². The highest BCUT2D eigenvalue weighted by Gasteiger charge is 2.39. The van der Waals surface area contributed by atoms with Gasteiger partial charge in [0.1, 0.15) is 5.72 Å². The Balaban J connectivity index is 2.59. The molecule has 0 amide bonds. The Labute approximate surface area is 61.4 Å². The molecule has 1 aliphatic rings. The minimum atomic E-state index is -0.992. The molecule has 0 aromatic carbocycles. The molecule has 1 fully saturated rings. The Morgan fingerprint density at radius 1 is 1.70 bits per heavy atom. The van der Waals surface area contributed by atoms with E-state index in [1.165, 1.54) is 0 Å². The number of hydrogen-bond acceptors (Lipinski definition) is 3. The summed E-state index contributed by atoms with van der Waals surface area (Å²) in [7, 11) is 0. The van der Waals surface area contributed by atoms with Gasteiger partial charge < -0.3 is 16.6 Å². The van der Waals surface area contributed by atoms with Crippen LogP contribution in [0.3, 0.4) is 0 Å². The van der Waals surface area contributed by atoms with Crippen LogP contribution in [0.4, 0.5) is 0 Å². The van der Waals surface area contributed by atoms with Crippen LogP contribution in [-0.2, 0) is 0 Å². The fraction of sp³-hybridized carbons (Fsp3) is 1.00. The van der Waals surface area contributed by atoms with Gasteiger partial charge in [0.15, 0.2) is 0 Å². The Hall–Kier alpha value is -0.120. The van der Waals surface area contributed by atoms with Crippen molar-refractivity contribution in [2.45, 2.75) is 38.0 Å². The average molecular weight is 144 g/mol. The third-order valence-electron chi connectivity index (χ3n) is 2.37. The van der Waals surface area contributed by atoms with Crippen LogP contribution in [0.1, 0.15) is 26.2 Å². The van der Waals surface area contributed by atoms with Crippen molar-refractivity contribution in [3.63, 3.8) is 0 Å². The summed E-state index contributed by atoms with van der Waals surface area (Å²) in [5.41, 5.74) is 10.2. The molecule has 0 aromatic rings. The molecule has 0 heterocycles. The van der Waals surface area contributed by atoms with Crippen molar-refractivity contribution >= 4 is 0 Å². The van der Waals surface area contributed by atoms with E-state index in [0.29, 0.717) is 6.42 Å². The number of hydrogen-bond donors (Lipinski definition) is 3.